The molecule has 3 heterocycles. The van der Waals surface area contributed by atoms with Crippen LogP contribution < -0.4 is 4.74 Å². The number of carbonyl (C=O) groups excluding carboxylic acids is 2. The summed E-state index contributed by atoms with van der Waals surface area (Å²) in [5.74, 6) is 0.716. The lowest BCUT2D eigenvalue weighted by Crippen LogP contribution is -2.45. The van der Waals surface area contributed by atoms with Gasteiger partial charge in [-0.2, -0.15) is 0 Å². The maximum absolute atomic E-state index is 12.8. The van der Waals surface area contributed by atoms with E-state index in [9.17, 15) is 9.59 Å². The Balaban J connectivity index is 1.58. The highest BCUT2D eigenvalue weighted by Gasteiger charge is 2.47. The summed E-state index contributed by atoms with van der Waals surface area (Å²) in [4.78, 5) is 32.1. The first-order valence-corrected chi connectivity index (χ1v) is 8.84. The fraction of sp³-hybridized carbons (Fsp3) is 0.389. The largest absolute Gasteiger partial charge is 0.484 e. The van der Waals surface area contributed by atoms with E-state index in [4.69, 9.17) is 4.74 Å². The van der Waals surface area contributed by atoms with Gasteiger partial charge in [0.05, 0.1) is 29.2 Å². The van der Waals surface area contributed by atoms with Crippen molar-refractivity contribution in [2.24, 2.45) is 0 Å². The summed E-state index contributed by atoms with van der Waals surface area (Å²) in [6.07, 6.45) is 1.00. The number of amides is 1. The van der Waals surface area contributed by atoms with Crippen molar-refractivity contribution >= 4 is 23.0 Å². The first kappa shape index (κ1) is 15.3. The van der Waals surface area contributed by atoms with Crippen LogP contribution in [0.25, 0.3) is 0 Å². The summed E-state index contributed by atoms with van der Waals surface area (Å²) in [7, 11) is 0. The SMILES string of the molecule is Cc1nc(C)c(C(=O)N2CCC3(CC(=O)c4ccccc4O3)C2)s1. The lowest BCUT2D eigenvalue weighted by Gasteiger charge is -2.34. The van der Waals surface area contributed by atoms with Crippen molar-refractivity contribution in [1.29, 1.82) is 0 Å². The minimum atomic E-state index is -0.589. The molecule has 124 valence electrons. The molecule has 1 aromatic carbocycles. The number of ketones is 1. The number of para-hydroxylation sites is 1. The third-order valence-corrected chi connectivity index (χ3v) is 5.76. The molecule has 1 atom stereocenters. The van der Waals surface area contributed by atoms with Crippen LogP contribution in [0.2, 0.25) is 0 Å². The maximum Gasteiger partial charge on any atom is 0.265 e. The lowest BCUT2D eigenvalue weighted by molar-refractivity contribution is 0.0429. The smallest absolute Gasteiger partial charge is 0.265 e. The summed E-state index contributed by atoms with van der Waals surface area (Å²) < 4.78 is 6.18. The normalized spacial score (nSPS) is 22.6. The molecule has 0 aliphatic carbocycles. The minimum Gasteiger partial charge on any atom is -0.484 e. The van der Waals surface area contributed by atoms with Gasteiger partial charge in [0.15, 0.2) is 5.78 Å². The average Bonchev–Trinajstić information content (AvgIpc) is 3.10. The van der Waals surface area contributed by atoms with Crippen LogP contribution in [0.1, 0.15) is 43.6 Å². The zero-order valence-electron chi connectivity index (χ0n) is 13.7. The summed E-state index contributed by atoms with van der Waals surface area (Å²) in [5, 5.41) is 0.891. The Morgan fingerprint density at radius 3 is 2.88 bits per heavy atom. The highest BCUT2D eigenvalue weighted by molar-refractivity contribution is 7.13. The molecule has 1 aromatic heterocycles. The second kappa shape index (κ2) is 5.41. The molecule has 1 saturated heterocycles. The van der Waals surface area contributed by atoms with Crippen LogP contribution in [0.5, 0.6) is 5.75 Å². The number of aryl methyl sites for hydroxylation is 2. The Morgan fingerprint density at radius 1 is 1.33 bits per heavy atom. The van der Waals surface area contributed by atoms with E-state index in [0.717, 1.165) is 10.7 Å². The molecule has 0 bridgehead atoms. The molecule has 2 aliphatic heterocycles. The van der Waals surface area contributed by atoms with Gasteiger partial charge in [0, 0.05) is 13.0 Å². The summed E-state index contributed by atoms with van der Waals surface area (Å²) >= 11 is 1.42. The number of thiazole rings is 1. The predicted octanol–water partition coefficient (Wildman–Crippen LogP) is 3.01. The van der Waals surface area contributed by atoms with E-state index < -0.39 is 5.60 Å². The molecule has 2 aliphatic rings. The molecular weight excluding hydrogens is 324 g/mol. The third-order valence-electron chi connectivity index (χ3n) is 4.70. The quantitative estimate of drug-likeness (QED) is 0.799. The van der Waals surface area contributed by atoms with Gasteiger partial charge in [-0.25, -0.2) is 4.98 Å². The number of Topliss-reactive ketones (excluding diaryl/α,β-unsaturated/α-hetero) is 1. The van der Waals surface area contributed by atoms with E-state index in [1.165, 1.54) is 11.3 Å². The number of aromatic nitrogens is 1. The summed E-state index contributed by atoms with van der Waals surface area (Å²) in [6.45, 7) is 4.81. The third kappa shape index (κ3) is 2.41. The Bertz CT molecular complexity index is 845. The van der Waals surface area contributed by atoms with E-state index in [-0.39, 0.29) is 11.7 Å². The second-order valence-electron chi connectivity index (χ2n) is 6.51. The Labute approximate surface area is 144 Å². The number of nitrogens with zero attached hydrogens (tertiary/aromatic N) is 2. The average molecular weight is 342 g/mol. The molecule has 0 N–H and O–H groups in total. The van der Waals surface area contributed by atoms with E-state index in [2.05, 4.69) is 4.98 Å². The van der Waals surface area contributed by atoms with Gasteiger partial charge in [-0.3, -0.25) is 9.59 Å². The number of rotatable bonds is 1. The Morgan fingerprint density at radius 2 is 2.12 bits per heavy atom. The van der Waals surface area contributed by atoms with Crippen LogP contribution in [0.4, 0.5) is 0 Å². The van der Waals surface area contributed by atoms with E-state index in [1.54, 1.807) is 11.0 Å². The number of carbonyl (C=O) groups is 2. The maximum atomic E-state index is 12.8. The van der Waals surface area contributed by atoms with Crippen LogP contribution in [0.3, 0.4) is 0 Å². The van der Waals surface area contributed by atoms with E-state index >= 15 is 0 Å². The van der Waals surface area contributed by atoms with Crippen LogP contribution in [-0.2, 0) is 0 Å². The fourth-order valence-electron chi connectivity index (χ4n) is 3.56. The van der Waals surface area contributed by atoms with Crippen LogP contribution >= 0.6 is 11.3 Å². The van der Waals surface area contributed by atoms with Gasteiger partial charge in [0.25, 0.3) is 5.91 Å². The first-order chi connectivity index (χ1) is 11.5. The fourth-order valence-corrected chi connectivity index (χ4v) is 4.45. The van der Waals surface area contributed by atoms with Crippen molar-refractivity contribution in [3.8, 4) is 5.75 Å². The number of fused-ring (bicyclic) bond motifs is 1. The van der Waals surface area contributed by atoms with Gasteiger partial charge in [0.2, 0.25) is 0 Å². The summed E-state index contributed by atoms with van der Waals surface area (Å²) in [5.41, 5.74) is 0.825. The zero-order chi connectivity index (χ0) is 16.9. The highest BCUT2D eigenvalue weighted by atomic mass is 32.1. The standard InChI is InChI=1S/C18H18N2O3S/c1-11-16(24-12(2)19-11)17(22)20-8-7-18(10-20)9-14(21)13-5-3-4-6-15(13)23-18/h3-6H,7-10H2,1-2H3. The number of ether oxygens (including phenoxy) is 1. The molecular formula is C18H18N2O3S. The molecule has 0 saturated carbocycles. The van der Waals surface area contributed by atoms with Crippen molar-refractivity contribution < 1.29 is 14.3 Å². The van der Waals surface area contributed by atoms with Crippen molar-refractivity contribution in [3.05, 3.63) is 45.4 Å². The van der Waals surface area contributed by atoms with Gasteiger partial charge in [-0.1, -0.05) is 12.1 Å². The van der Waals surface area contributed by atoms with Gasteiger partial charge in [-0.05, 0) is 26.0 Å². The molecule has 1 amide bonds. The summed E-state index contributed by atoms with van der Waals surface area (Å²) in [6, 6.07) is 7.34. The van der Waals surface area contributed by atoms with Gasteiger partial charge in [0.1, 0.15) is 16.2 Å². The molecule has 24 heavy (non-hydrogen) atoms. The molecule has 2 aromatic rings. The van der Waals surface area contributed by atoms with Crippen molar-refractivity contribution in [2.75, 3.05) is 13.1 Å². The van der Waals surface area contributed by atoms with Crippen LogP contribution in [0, 0.1) is 13.8 Å². The topological polar surface area (TPSA) is 59.5 Å². The van der Waals surface area contributed by atoms with Crippen LogP contribution in [0.15, 0.2) is 24.3 Å². The molecule has 4 rings (SSSR count). The number of benzene rings is 1. The Kier molecular flexibility index (Phi) is 3.46. The van der Waals surface area contributed by atoms with Gasteiger partial charge >= 0.3 is 0 Å². The monoisotopic (exact) mass is 342 g/mol. The van der Waals surface area contributed by atoms with E-state index in [1.807, 2.05) is 32.0 Å². The van der Waals surface area contributed by atoms with E-state index in [0.29, 0.717) is 42.1 Å². The Hall–Kier alpha value is -2.21. The molecule has 0 radical (unpaired) electrons. The van der Waals surface area contributed by atoms with Crippen LogP contribution in [-0.4, -0.2) is 40.3 Å². The number of likely N-dealkylation sites (tertiary alicyclic amines) is 1. The number of hydrogen-bond acceptors (Lipinski definition) is 5. The van der Waals surface area contributed by atoms with Crippen molar-refractivity contribution in [1.82, 2.24) is 9.88 Å². The highest BCUT2D eigenvalue weighted by Crippen LogP contribution is 2.39. The lowest BCUT2D eigenvalue weighted by atomic mass is 9.89. The molecule has 1 unspecified atom stereocenters. The zero-order valence-corrected chi connectivity index (χ0v) is 14.5. The van der Waals surface area contributed by atoms with Gasteiger partial charge < -0.3 is 9.64 Å². The minimum absolute atomic E-state index is 0.00937. The van der Waals surface area contributed by atoms with Gasteiger partial charge in [-0.15, -0.1) is 11.3 Å². The first-order valence-electron chi connectivity index (χ1n) is 8.02. The van der Waals surface area contributed by atoms with Crippen molar-refractivity contribution in [3.63, 3.8) is 0 Å². The molecule has 5 nitrogen and oxygen atoms in total. The molecule has 1 fully saturated rings. The second-order valence-corrected chi connectivity index (χ2v) is 7.71. The number of hydrogen-bond donors (Lipinski definition) is 0. The predicted molar refractivity (Wildman–Crippen MR) is 90.9 cm³/mol. The molecule has 1 spiro atoms. The van der Waals surface area contributed by atoms with Crippen molar-refractivity contribution in [2.45, 2.75) is 32.3 Å². The molecule has 6 heteroatoms.